The van der Waals surface area contributed by atoms with E-state index in [2.05, 4.69) is 6.58 Å². The molecule has 0 amide bonds. The van der Waals surface area contributed by atoms with E-state index in [0.717, 1.165) is 12.8 Å². The van der Waals surface area contributed by atoms with Gasteiger partial charge in [0.2, 0.25) is 0 Å². The van der Waals surface area contributed by atoms with E-state index in [1.54, 1.807) is 6.08 Å². The molecule has 1 saturated carbocycles. The predicted molar refractivity (Wildman–Crippen MR) is 48.0 cm³/mol. The molecule has 1 rings (SSSR count). The molecule has 3 heteroatoms. The Bertz CT molecular complexity index is 160. The summed E-state index contributed by atoms with van der Waals surface area (Å²) in [6.45, 7) is 3.56. The third kappa shape index (κ3) is 2.76. The Labute approximate surface area is 77.5 Å². The van der Waals surface area contributed by atoms with Gasteiger partial charge in [-0.3, -0.25) is 0 Å². The molecule has 2 atom stereocenters. The van der Waals surface area contributed by atoms with E-state index in [-0.39, 0.29) is 18.8 Å². The molecule has 13 heavy (non-hydrogen) atoms. The summed E-state index contributed by atoms with van der Waals surface area (Å²) in [5.41, 5.74) is 0. The monoisotopic (exact) mass is 190 g/mol. The maximum Gasteiger partial charge on any atom is 0.129 e. The lowest BCUT2D eigenvalue weighted by Crippen LogP contribution is -2.39. The fourth-order valence-corrected chi connectivity index (χ4v) is 1.83. The molecule has 1 aliphatic carbocycles. The van der Waals surface area contributed by atoms with E-state index in [1.165, 1.54) is 0 Å². The SMILES string of the molecule is C=CCCC1CC(F)C(O)C(F)C1. The first-order valence-electron chi connectivity index (χ1n) is 4.72. The fraction of sp³-hybridized carbons (Fsp3) is 0.800. The molecule has 0 radical (unpaired) electrons. The maximum atomic E-state index is 13.0. The lowest BCUT2D eigenvalue weighted by atomic mass is 9.82. The van der Waals surface area contributed by atoms with Gasteiger partial charge in [0.15, 0.2) is 0 Å². The van der Waals surface area contributed by atoms with E-state index < -0.39 is 18.4 Å². The van der Waals surface area contributed by atoms with Gasteiger partial charge in [-0.1, -0.05) is 6.08 Å². The predicted octanol–water partition coefficient (Wildman–Crippen LogP) is 2.40. The molecule has 0 aliphatic heterocycles. The molecule has 0 aromatic carbocycles. The van der Waals surface area contributed by atoms with Crippen molar-refractivity contribution in [2.24, 2.45) is 5.92 Å². The van der Waals surface area contributed by atoms with E-state index in [4.69, 9.17) is 5.11 Å². The molecule has 76 valence electrons. The second-order valence-electron chi connectivity index (χ2n) is 3.73. The minimum atomic E-state index is -1.40. The van der Waals surface area contributed by atoms with Crippen LogP contribution in [0, 0.1) is 5.92 Å². The minimum Gasteiger partial charge on any atom is -0.387 e. The van der Waals surface area contributed by atoms with Crippen molar-refractivity contribution in [3.05, 3.63) is 12.7 Å². The number of allylic oxidation sites excluding steroid dienone is 1. The van der Waals surface area contributed by atoms with Crippen molar-refractivity contribution >= 4 is 0 Å². The smallest absolute Gasteiger partial charge is 0.129 e. The van der Waals surface area contributed by atoms with Crippen molar-refractivity contribution in [3.63, 3.8) is 0 Å². The second-order valence-corrected chi connectivity index (χ2v) is 3.73. The Morgan fingerprint density at radius 1 is 1.31 bits per heavy atom. The topological polar surface area (TPSA) is 20.2 Å². The van der Waals surface area contributed by atoms with Crippen LogP contribution in [0.1, 0.15) is 25.7 Å². The lowest BCUT2D eigenvalue weighted by molar-refractivity contribution is -0.0363. The Morgan fingerprint density at radius 2 is 1.85 bits per heavy atom. The Hall–Kier alpha value is -0.440. The summed E-state index contributed by atoms with van der Waals surface area (Å²) in [4.78, 5) is 0. The average molecular weight is 190 g/mol. The summed E-state index contributed by atoms with van der Waals surface area (Å²) in [6, 6.07) is 0. The number of hydrogen-bond donors (Lipinski definition) is 1. The number of rotatable bonds is 3. The zero-order valence-corrected chi connectivity index (χ0v) is 7.63. The van der Waals surface area contributed by atoms with E-state index >= 15 is 0 Å². The Kier molecular flexibility index (Phi) is 3.85. The van der Waals surface area contributed by atoms with Crippen LogP contribution in [-0.2, 0) is 0 Å². The van der Waals surface area contributed by atoms with Crippen LogP contribution in [0.25, 0.3) is 0 Å². The Balaban J connectivity index is 2.39. The number of aliphatic hydroxyl groups excluding tert-OH is 1. The van der Waals surface area contributed by atoms with Crippen molar-refractivity contribution in [1.82, 2.24) is 0 Å². The molecule has 2 unspecified atom stereocenters. The van der Waals surface area contributed by atoms with Crippen LogP contribution in [0.2, 0.25) is 0 Å². The highest BCUT2D eigenvalue weighted by atomic mass is 19.1. The number of alkyl halides is 2. The molecule has 1 nitrogen and oxygen atoms in total. The number of hydrogen-bond acceptors (Lipinski definition) is 1. The molecule has 0 heterocycles. The first kappa shape index (κ1) is 10.6. The summed E-state index contributed by atoms with van der Waals surface area (Å²) >= 11 is 0. The van der Waals surface area contributed by atoms with Crippen LogP contribution in [0.4, 0.5) is 8.78 Å². The lowest BCUT2D eigenvalue weighted by Gasteiger charge is -2.31. The van der Waals surface area contributed by atoms with Gasteiger partial charge in [-0.15, -0.1) is 6.58 Å². The van der Waals surface area contributed by atoms with Gasteiger partial charge in [0.25, 0.3) is 0 Å². The summed E-state index contributed by atoms with van der Waals surface area (Å²) in [5.74, 6) is 0.0615. The molecule has 0 bridgehead atoms. The van der Waals surface area contributed by atoms with Gasteiger partial charge in [-0.2, -0.15) is 0 Å². The highest BCUT2D eigenvalue weighted by Crippen LogP contribution is 2.31. The van der Waals surface area contributed by atoms with Gasteiger partial charge in [0.05, 0.1) is 0 Å². The van der Waals surface area contributed by atoms with Crippen LogP contribution in [-0.4, -0.2) is 23.6 Å². The molecule has 1 aliphatic rings. The summed E-state index contributed by atoms with van der Waals surface area (Å²) in [5, 5.41) is 9.02. The summed E-state index contributed by atoms with van der Waals surface area (Å²) in [7, 11) is 0. The standard InChI is InChI=1S/C10H16F2O/c1-2-3-4-7-5-8(11)10(13)9(12)6-7/h2,7-10,13H,1,3-6H2. The van der Waals surface area contributed by atoms with Crippen molar-refractivity contribution in [2.45, 2.75) is 44.1 Å². The van der Waals surface area contributed by atoms with Gasteiger partial charge in [-0.25, -0.2) is 8.78 Å². The largest absolute Gasteiger partial charge is 0.387 e. The van der Waals surface area contributed by atoms with Crippen molar-refractivity contribution in [3.8, 4) is 0 Å². The molecule has 1 fully saturated rings. The molecule has 0 aromatic rings. The molecular weight excluding hydrogens is 174 g/mol. The number of aliphatic hydroxyl groups is 1. The second kappa shape index (κ2) is 4.70. The third-order valence-corrected chi connectivity index (χ3v) is 2.64. The first-order valence-corrected chi connectivity index (χ1v) is 4.72. The Morgan fingerprint density at radius 3 is 2.31 bits per heavy atom. The fourth-order valence-electron chi connectivity index (χ4n) is 1.83. The average Bonchev–Trinajstić information content (AvgIpc) is 2.10. The maximum absolute atomic E-state index is 13.0. The van der Waals surface area contributed by atoms with E-state index in [9.17, 15) is 8.78 Å². The van der Waals surface area contributed by atoms with E-state index in [1.807, 2.05) is 0 Å². The molecule has 0 spiro atoms. The summed E-state index contributed by atoms with van der Waals surface area (Å²) in [6.07, 6.45) is -0.287. The third-order valence-electron chi connectivity index (χ3n) is 2.64. The van der Waals surface area contributed by atoms with Gasteiger partial charge >= 0.3 is 0 Å². The van der Waals surface area contributed by atoms with Gasteiger partial charge in [0.1, 0.15) is 18.4 Å². The summed E-state index contributed by atoms with van der Waals surface area (Å²) < 4.78 is 26.0. The quantitative estimate of drug-likeness (QED) is 0.677. The molecule has 1 N–H and O–H groups in total. The van der Waals surface area contributed by atoms with Crippen LogP contribution in [0.15, 0.2) is 12.7 Å². The first-order chi connectivity index (χ1) is 6.15. The zero-order chi connectivity index (χ0) is 9.84. The van der Waals surface area contributed by atoms with Crippen molar-refractivity contribution in [2.75, 3.05) is 0 Å². The molecule has 0 saturated heterocycles. The minimum absolute atomic E-state index is 0.0615. The molecular formula is C10H16F2O. The van der Waals surface area contributed by atoms with Gasteiger partial charge in [0, 0.05) is 0 Å². The molecule has 0 aromatic heterocycles. The van der Waals surface area contributed by atoms with Crippen LogP contribution in [0.3, 0.4) is 0 Å². The van der Waals surface area contributed by atoms with Crippen LogP contribution < -0.4 is 0 Å². The van der Waals surface area contributed by atoms with Crippen molar-refractivity contribution < 1.29 is 13.9 Å². The van der Waals surface area contributed by atoms with E-state index in [0.29, 0.717) is 0 Å². The highest BCUT2D eigenvalue weighted by Gasteiger charge is 2.36. The van der Waals surface area contributed by atoms with Gasteiger partial charge in [-0.05, 0) is 31.6 Å². The van der Waals surface area contributed by atoms with Gasteiger partial charge < -0.3 is 5.11 Å². The van der Waals surface area contributed by atoms with Crippen molar-refractivity contribution in [1.29, 1.82) is 0 Å². The highest BCUT2D eigenvalue weighted by molar-refractivity contribution is 4.87. The normalized spacial score (nSPS) is 40.2. The number of halogens is 2. The van der Waals surface area contributed by atoms with Crippen LogP contribution in [0.5, 0.6) is 0 Å². The zero-order valence-electron chi connectivity index (χ0n) is 7.63. The van der Waals surface area contributed by atoms with Crippen LogP contribution >= 0.6 is 0 Å².